The number of nitriles is 1. The summed E-state index contributed by atoms with van der Waals surface area (Å²) in [5.41, 5.74) is 8.31. The largest absolute Gasteiger partial charge is 0.416 e. The van der Waals surface area contributed by atoms with Crippen molar-refractivity contribution >= 4 is 21.8 Å². The first-order chi connectivity index (χ1) is 30.2. The van der Waals surface area contributed by atoms with Gasteiger partial charge < -0.3 is 4.57 Å². The van der Waals surface area contributed by atoms with Gasteiger partial charge >= 0.3 is 6.18 Å². The molecule has 296 valence electrons. The molecule has 0 aliphatic rings. The van der Waals surface area contributed by atoms with Crippen LogP contribution in [0.5, 0.6) is 0 Å². The maximum absolute atomic E-state index is 14.7. The van der Waals surface area contributed by atoms with Crippen LogP contribution in [-0.4, -0.2) is 24.5 Å². The Labute approximate surface area is 354 Å². The summed E-state index contributed by atoms with van der Waals surface area (Å²) in [6.45, 7) is 1.95. The van der Waals surface area contributed by atoms with E-state index in [4.69, 9.17) is 19.9 Å². The first-order valence-corrected chi connectivity index (χ1v) is 19.9. The topological polar surface area (TPSA) is 80.3 Å². The lowest BCUT2D eigenvalue weighted by Gasteiger charge is -2.20. The molecule has 9 heteroatoms. The zero-order valence-corrected chi connectivity index (χ0v) is 33.1. The van der Waals surface area contributed by atoms with Crippen molar-refractivity contribution in [3.63, 3.8) is 0 Å². The molecular formula is C53H33F3N6. The van der Waals surface area contributed by atoms with E-state index in [1.807, 2.05) is 163 Å². The molecule has 0 spiro atoms. The standard InChI is InChI=1S/C53H33F3N6/c1-33-22-24-40-41-25-23-39(53(54,55)56)29-49(41)62(48(40)26-33)50-42(47-31-46(37-18-10-4-11-19-37)58-51(61-47)38-20-12-5-13-21-38)27-34(32-57)28-43(50)52-59-44(35-14-6-2-7-15-35)30-45(60-52)36-16-8-3-9-17-36/h2-31H,1H3. The highest BCUT2D eigenvalue weighted by molar-refractivity contribution is 6.11. The number of benzene rings is 7. The number of aryl methyl sites for hydroxylation is 1. The highest BCUT2D eigenvalue weighted by Gasteiger charge is 2.32. The van der Waals surface area contributed by atoms with Gasteiger partial charge in [0.1, 0.15) is 0 Å². The van der Waals surface area contributed by atoms with Crippen molar-refractivity contribution in [3.05, 3.63) is 199 Å². The van der Waals surface area contributed by atoms with Gasteiger partial charge in [0.15, 0.2) is 11.6 Å². The van der Waals surface area contributed by atoms with E-state index in [0.29, 0.717) is 61.8 Å². The maximum atomic E-state index is 14.7. The summed E-state index contributed by atoms with van der Waals surface area (Å²) in [5.74, 6) is 0.705. The number of hydrogen-bond acceptors (Lipinski definition) is 5. The second-order valence-corrected chi connectivity index (χ2v) is 15.0. The fourth-order valence-electron chi connectivity index (χ4n) is 7.99. The molecule has 0 aliphatic carbocycles. The van der Waals surface area contributed by atoms with E-state index in [1.54, 1.807) is 12.1 Å². The van der Waals surface area contributed by atoms with Crippen LogP contribution in [0.1, 0.15) is 16.7 Å². The fraction of sp³-hybridized carbons (Fsp3) is 0.0377. The summed E-state index contributed by atoms with van der Waals surface area (Å²) >= 11 is 0. The quantitative estimate of drug-likeness (QED) is 0.160. The summed E-state index contributed by atoms with van der Waals surface area (Å²) < 4.78 is 45.9. The lowest BCUT2D eigenvalue weighted by atomic mass is 9.97. The van der Waals surface area contributed by atoms with Crippen LogP contribution in [0.25, 0.3) is 95.3 Å². The van der Waals surface area contributed by atoms with Crippen LogP contribution in [-0.2, 0) is 6.18 Å². The van der Waals surface area contributed by atoms with Gasteiger partial charge in [-0.2, -0.15) is 18.4 Å². The molecule has 0 saturated carbocycles. The van der Waals surface area contributed by atoms with Crippen molar-refractivity contribution in [1.29, 1.82) is 5.26 Å². The van der Waals surface area contributed by atoms with Gasteiger partial charge in [0.2, 0.25) is 0 Å². The number of halogens is 3. The Kier molecular flexibility index (Phi) is 9.46. The minimum atomic E-state index is -4.62. The van der Waals surface area contributed by atoms with Crippen molar-refractivity contribution in [2.24, 2.45) is 0 Å². The Morgan fingerprint density at radius 2 is 0.919 bits per heavy atom. The van der Waals surface area contributed by atoms with Crippen LogP contribution in [0.3, 0.4) is 0 Å². The molecule has 0 bridgehead atoms. The van der Waals surface area contributed by atoms with E-state index >= 15 is 0 Å². The summed E-state index contributed by atoms with van der Waals surface area (Å²) in [5, 5.41) is 12.2. The van der Waals surface area contributed by atoms with E-state index in [-0.39, 0.29) is 11.4 Å². The van der Waals surface area contributed by atoms with Gasteiger partial charge in [-0.1, -0.05) is 140 Å². The molecule has 0 atom stereocenters. The third-order valence-electron chi connectivity index (χ3n) is 10.9. The SMILES string of the molecule is Cc1ccc2c3ccc(C(F)(F)F)cc3n(-c3c(-c4cc(-c5ccccc5)nc(-c5ccccc5)n4)cc(C#N)cc3-c3nc(-c4ccccc4)cc(-c4ccccc4)n3)c2c1. The van der Waals surface area contributed by atoms with Crippen molar-refractivity contribution in [2.75, 3.05) is 0 Å². The van der Waals surface area contributed by atoms with Crippen LogP contribution >= 0.6 is 0 Å². The lowest BCUT2D eigenvalue weighted by molar-refractivity contribution is -0.137. The van der Waals surface area contributed by atoms with Gasteiger partial charge in [-0.3, -0.25) is 0 Å². The van der Waals surface area contributed by atoms with Crippen molar-refractivity contribution in [2.45, 2.75) is 13.1 Å². The molecule has 0 unspecified atom stereocenters. The molecule has 0 N–H and O–H groups in total. The first-order valence-electron chi connectivity index (χ1n) is 19.9. The Bertz CT molecular complexity index is 3080. The second kappa shape index (κ2) is 15.4. The summed E-state index contributed by atoms with van der Waals surface area (Å²) in [7, 11) is 0. The molecule has 0 aliphatic heterocycles. The van der Waals surface area contributed by atoms with Crippen LogP contribution in [0.4, 0.5) is 13.2 Å². The zero-order chi connectivity index (χ0) is 42.4. The number of aromatic nitrogens is 5. The average molecular weight is 811 g/mol. The van der Waals surface area contributed by atoms with E-state index < -0.39 is 11.7 Å². The molecule has 3 heterocycles. The summed E-state index contributed by atoms with van der Waals surface area (Å²) in [6, 6.07) is 58.0. The van der Waals surface area contributed by atoms with Gasteiger partial charge in [-0.15, -0.1) is 0 Å². The monoisotopic (exact) mass is 810 g/mol. The lowest BCUT2D eigenvalue weighted by Crippen LogP contribution is -2.07. The van der Waals surface area contributed by atoms with Crippen molar-refractivity contribution in [3.8, 4) is 79.6 Å². The second-order valence-electron chi connectivity index (χ2n) is 15.0. The summed E-state index contributed by atoms with van der Waals surface area (Å²) in [4.78, 5) is 20.6. The van der Waals surface area contributed by atoms with E-state index in [2.05, 4.69) is 6.07 Å². The van der Waals surface area contributed by atoms with E-state index in [1.165, 1.54) is 12.1 Å². The number of alkyl halides is 3. The van der Waals surface area contributed by atoms with Gasteiger partial charge in [0.25, 0.3) is 0 Å². The Morgan fingerprint density at radius 3 is 1.45 bits per heavy atom. The molecule has 10 aromatic rings. The number of hydrogen-bond donors (Lipinski definition) is 0. The normalized spacial score (nSPS) is 11.5. The predicted molar refractivity (Wildman–Crippen MR) is 239 cm³/mol. The van der Waals surface area contributed by atoms with E-state index in [0.717, 1.165) is 39.3 Å². The molecule has 6 nitrogen and oxygen atoms in total. The fourth-order valence-corrected chi connectivity index (χ4v) is 7.99. The molecule has 0 radical (unpaired) electrons. The van der Waals surface area contributed by atoms with Crippen LogP contribution in [0.2, 0.25) is 0 Å². The molecule has 7 aromatic carbocycles. The van der Waals surface area contributed by atoms with E-state index in [9.17, 15) is 18.4 Å². The molecule has 0 fully saturated rings. The smallest absolute Gasteiger partial charge is 0.308 e. The predicted octanol–water partition coefficient (Wildman–Crippen LogP) is 13.6. The molecule has 3 aromatic heterocycles. The average Bonchev–Trinajstić information content (AvgIpc) is 3.63. The third kappa shape index (κ3) is 7.03. The Hall–Kier alpha value is -8.22. The molecule has 62 heavy (non-hydrogen) atoms. The van der Waals surface area contributed by atoms with Gasteiger partial charge in [-0.25, -0.2) is 19.9 Å². The third-order valence-corrected chi connectivity index (χ3v) is 10.9. The van der Waals surface area contributed by atoms with Gasteiger partial charge in [-0.05, 0) is 55.0 Å². The van der Waals surface area contributed by atoms with Crippen LogP contribution in [0, 0.1) is 18.3 Å². The zero-order valence-electron chi connectivity index (χ0n) is 33.1. The Morgan fingerprint density at radius 1 is 0.468 bits per heavy atom. The molecule has 10 rings (SSSR count). The van der Waals surface area contributed by atoms with Crippen LogP contribution in [0.15, 0.2) is 182 Å². The first kappa shape index (κ1) is 38.0. The highest BCUT2D eigenvalue weighted by Crippen LogP contribution is 2.44. The summed E-state index contributed by atoms with van der Waals surface area (Å²) in [6.07, 6.45) is -4.62. The molecule has 0 amide bonds. The number of rotatable bonds is 7. The van der Waals surface area contributed by atoms with Gasteiger partial charge in [0, 0.05) is 44.2 Å². The highest BCUT2D eigenvalue weighted by atomic mass is 19.4. The number of nitrogens with zero attached hydrogens (tertiary/aromatic N) is 6. The minimum Gasteiger partial charge on any atom is -0.308 e. The van der Waals surface area contributed by atoms with Crippen molar-refractivity contribution < 1.29 is 13.2 Å². The molecular weight excluding hydrogens is 778 g/mol. The minimum absolute atomic E-state index is 0.272. The van der Waals surface area contributed by atoms with Crippen molar-refractivity contribution in [1.82, 2.24) is 24.5 Å². The van der Waals surface area contributed by atoms with Crippen LogP contribution < -0.4 is 0 Å². The Balaban J connectivity index is 1.39. The maximum Gasteiger partial charge on any atom is 0.416 e. The van der Waals surface area contributed by atoms with Gasteiger partial charge in [0.05, 0.1) is 56.7 Å². The number of fused-ring (bicyclic) bond motifs is 3. The molecule has 0 saturated heterocycles.